The van der Waals surface area contributed by atoms with Gasteiger partial charge >= 0.3 is 5.97 Å². The summed E-state index contributed by atoms with van der Waals surface area (Å²) in [5, 5.41) is 2.67. The molecule has 94 valence electrons. The zero-order chi connectivity index (χ0) is 12.8. The fourth-order valence-corrected chi connectivity index (χ4v) is 1.20. The lowest BCUT2D eigenvalue weighted by Gasteiger charge is -2.14. The van der Waals surface area contributed by atoms with Crippen LogP contribution in [0.5, 0.6) is 5.75 Å². The Balaban J connectivity index is 2.62. The maximum Gasteiger partial charge on any atom is 0.326 e. The van der Waals surface area contributed by atoms with Crippen LogP contribution < -0.4 is 10.1 Å². The fraction of sp³-hybridized carbons (Fsp3) is 0.364. The highest BCUT2D eigenvalue weighted by Gasteiger charge is 2.17. The quantitative estimate of drug-likeness (QED) is 0.789. The number of benzene rings is 1. The fourth-order valence-electron chi connectivity index (χ4n) is 1.20. The molecule has 0 heterocycles. The van der Waals surface area contributed by atoms with E-state index < -0.39 is 23.6 Å². The van der Waals surface area contributed by atoms with Crippen LogP contribution in [0.15, 0.2) is 18.2 Å². The first-order valence-corrected chi connectivity index (χ1v) is 4.90. The van der Waals surface area contributed by atoms with Gasteiger partial charge in [0.2, 0.25) is 0 Å². The average molecular weight is 245 g/mol. The molecule has 0 aliphatic rings. The summed E-state index contributed by atoms with van der Waals surface area (Å²) in [5.74, 6) is -1.96. The molecule has 0 aliphatic heterocycles. The standard InChI is InChI=1S/C11H13F2NO3/c1-14-10(11(15)16-2)6-17-9-4-7(12)3-8(13)5-9/h3-5,10,14H,6H2,1-2H3. The minimum Gasteiger partial charge on any atom is -0.491 e. The van der Waals surface area contributed by atoms with Crippen molar-refractivity contribution in [1.82, 2.24) is 5.32 Å². The van der Waals surface area contributed by atoms with Crippen LogP contribution in [-0.4, -0.2) is 32.8 Å². The third-order valence-corrected chi connectivity index (χ3v) is 2.09. The molecule has 1 atom stereocenters. The number of likely N-dealkylation sites (N-methyl/N-ethyl adjacent to an activating group) is 1. The number of hydrogen-bond donors (Lipinski definition) is 1. The Morgan fingerprint density at radius 3 is 2.41 bits per heavy atom. The number of esters is 1. The SMILES string of the molecule is CNC(COc1cc(F)cc(F)c1)C(=O)OC. The van der Waals surface area contributed by atoms with E-state index in [-0.39, 0.29) is 12.4 Å². The minimum atomic E-state index is -0.737. The van der Waals surface area contributed by atoms with Crippen molar-refractivity contribution in [3.05, 3.63) is 29.8 Å². The number of methoxy groups -OCH3 is 1. The molecule has 0 bridgehead atoms. The Kier molecular flexibility index (Phi) is 4.84. The Morgan fingerprint density at radius 2 is 1.94 bits per heavy atom. The van der Waals surface area contributed by atoms with E-state index >= 15 is 0 Å². The summed E-state index contributed by atoms with van der Waals surface area (Å²) >= 11 is 0. The molecular formula is C11H13F2NO3. The molecule has 0 saturated heterocycles. The molecule has 0 saturated carbocycles. The first-order valence-electron chi connectivity index (χ1n) is 4.90. The highest BCUT2D eigenvalue weighted by molar-refractivity contribution is 5.75. The van der Waals surface area contributed by atoms with Gasteiger partial charge in [0.25, 0.3) is 0 Å². The van der Waals surface area contributed by atoms with Crippen molar-refractivity contribution in [2.75, 3.05) is 20.8 Å². The van der Waals surface area contributed by atoms with Crippen LogP contribution in [0.2, 0.25) is 0 Å². The van der Waals surface area contributed by atoms with E-state index in [0.717, 1.165) is 18.2 Å². The Labute approximate surface area is 97.5 Å². The predicted molar refractivity (Wildman–Crippen MR) is 56.7 cm³/mol. The molecule has 6 heteroatoms. The van der Waals surface area contributed by atoms with Crippen LogP contribution in [0.3, 0.4) is 0 Å². The Bertz CT molecular complexity index is 378. The minimum absolute atomic E-state index is 0.0200. The van der Waals surface area contributed by atoms with Crippen molar-refractivity contribution < 1.29 is 23.0 Å². The van der Waals surface area contributed by atoms with Crippen LogP contribution in [0.4, 0.5) is 8.78 Å². The molecule has 0 radical (unpaired) electrons. The first kappa shape index (κ1) is 13.4. The van der Waals surface area contributed by atoms with Gasteiger partial charge in [-0.15, -0.1) is 0 Å². The van der Waals surface area contributed by atoms with Gasteiger partial charge in [-0.05, 0) is 7.05 Å². The van der Waals surface area contributed by atoms with Gasteiger partial charge < -0.3 is 14.8 Å². The van der Waals surface area contributed by atoms with Crippen molar-refractivity contribution >= 4 is 5.97 Å². The maximum absolute atomic E-state index is 12.8. The van der Waals surface area contributed by atoms with Gasteiger partial charge in [-0.2, -0.15) is 0 Å². The van der Waals surface area contributed by atoms with Crippen LogP contribution in [0, 0.1) is 11.6 Å². The summed E-state index contributed by atoms with van der Waals surface area (Å²) in [5.41, 5.74) is 0. The number of carbonyl (C=O) groups is 1. The third-order valence-electron chi connectivity index (χ3n) is 2.09. The van der Waals surface area contributed by atoms with Crippen molar-refractivity contribution in [3.63, 3.8) is 0 Å². The summed E-state index contributed by atoms with van der Waals surface area (Å²) in [7, 11) is 2.80. The monoisotopic (exact) mass is 245 g/mol. The van der Waals surface area contributed by atoms with Crippen LogP contribution >= 0.6 is 0 Å². The summed E-state index contributed by atoms with van der Waals surface area (Å²) in [4.78, 5) is 11.2. The Morgan fingerprint density at radius 1 is 1.35 bits per heavy atom. The second-order valence-corrected chi connectivity index (χ2v) is 3.28. The molecule has 4 nitrogen and oxygen atoms in total. The number of nitrogens with one attached hydrogen (secondary N) is 1. The second kappa shape index (κ2) is 6.15. The molecule has 0 aliphatic carbocycles. The third kappa shape index (κ3) is 3.99. The van der Waals surface area contributed by atoms with E-state index in [1.54, 1.807) is 7.05 Å². The molecule has 1 aromatic carbocycles. The number of carbonyl (C=O) groups excluding carboxylic acids is 1. The molecule has 0 aromatic heterocycles. The summed E-state index contributed by atoms with van der Waals surface area (Å²) in [6.07, 6.45) is 0. The van der Waals surface area contributed by atoms with Gasteiger partial charge in [-0.25, -0.2) is 8.78 Å². The molecule has 0 amide bonds. The zero-order valence-electron chi connectivity index (χ0n) is 9.50. The van der Waals surface area contributed by atoms with E-state index in [9.17, 15) is 13.6 Å². The molecular weight excluding hydrogens is 232 g/mol. The van der Waals surface area contributed by atoms with Crippen LogP contribution in [-0.2, 0) is 9.53 Å². The van der Waals surface area contributed by atoms with E-state index in [0.29, 0.717) is 0 Å². The lowest BCUT2D eigenvalue weighted by molar-refractivity contribution is -0.143. The second-order valence-electron chi connectivity index (χ2n) is 3.28. The zero-order valence-corrected chi connectivity index (χ0v) is 9.50. The highest BCUT2D eigenvalue weighted by Crippen LogP contribution is 2.15. The average Bonchev–Trinajstić information content (AvgIpc) is 2.28. The first-order chi connectivity index (χ1) is 8.06. The van der Waals surface area contributed by atoms with Crippen molar-refractivity contribution in [2.24, 2.45) is 0 Å². The van der Waals surface area contributed by atoms with Gasteiger partial charge in [-0.3, -0.25) is 4.79 Å². The summed E-state index contributed by atoms with van der Waals surface area (Å²) < 4.78 is 35.3. The maximum atomic E-state index is 12.8. The van der Waals surface area contributed by atoms with Gasteiger partial charge in [0, 0.05) is 18.2 Å². The van der Waals surface area contributed by atoms with Crippen LogP contribution in [0.1, 0.15) is 0 Å². The van der Waals surface area contributed by atoms with E-state index in [2.05, 4.69) is 10.1 Å². The molecule has 1 unspecified atom stereocenters. The summed E-state index contributed by atoms with van der Waals surface area (Å²) in [6, 6.07) is 2.12. The van der Waals surface area contributed by atoms with Gasteiger partial charge in [-0.1, -0.05) is 0 Å². The number of halogens is 2. The molecule has 17 heavy (non-hydrogen) atoms. The van der Waals surface area contributed by atoms with Gasteiger partial charge in [0.05, 0.1) is 7.11 Å². The molecule has 1 rings (SSSR count). The smallest absolute Gasteiger partial charge is 0.326 e. The largest absolute Gasteiger partial charge is 0.491 e. The number of ether oxygens (including phenoxy) is 2. The Hall–Kier alpha value is -1.69. The molecule has 1 aromatic rings. The van der Waals surface area contributed by atoms with Gasteiger partial charge in [0.1, 0.15) is 30.0 Å². The topological polar surface area (TPSA) is 47.6 Å². The normalized spacial score (nSPS) is 12.0. The van der Waals surface area contributed by atoms with E-state index in [1.807, 2.05) is 0 Å². The lowest BCUT2D eigenvalue weighted by Crippen LogP contribution is -2.40. The number of hydrogen-bond acceptors (Lipinski definition) is 4. The van der Waals surface area contributed by atoms with Crippen molar-refractivity contribution in [2.45, 2.75) is 6.04 Å². The number of rotatable bonds is 5. The van der Waals surface area contributed by atoms with E-state index in [1.165, 1.54) is 7.11 Å². The summed E-state index contributed by atoms with van der Waals surface area (Å²) in [6.45, 7) is -0.0773. The predicted octanol–water partition coefficient (Wildman–Crippen LogP) is 1.10. The molecule has 1 N–H and O–H groups in total. The highest BCUT2D eigenvalue weighted by atomic mass is 19.1. The van der Waals surface area contributed by atoms with Crippen molar-refractivity contribution in [1.29, 1.82) is 0 Å². The van der Waals surface area contributed by atoms with Crippen molar-refractivity contribution in [3.8, 4) is 5.75 Å². The molecule has 0 fully saturated rings. The molecule has 0 spiro atoms. The van der Waals surface area contributed by atoms with Crippen LogP contribution in [0.25, 0.3) is 0 Å². The lowest BCUT2D eigenvalue weighted by atomic mass is 10.3. The van der Waals surface area contributed by atoms with E-state index in [4.69, 9.17) is 4.74 Å². The van der Waals surface area contributed by atoms with Gasteiger partial charge in [0.15, 0.2) is 0 Å².